The Morgan fingerprint density at radius 1 is 1.47 bits per heavy atom. The molecule has 0 spiro atoms. The number of likely N-dealkylation sites (tertiary alicyclic amines) is 1. The molecule has 5 nitrogen and oxygen atoms in total. The Hall–Kier alpha value is -2.04. The lowest BCUT2D eigenvalue weighted by Crippen LogP contribution is -2.48. The van der Waals surface area contributed by atoms with E-state index < -0.39 is 0 Å². The zero-order valence-corrected chi connectivity index (χ0v) is 9.40. The number of aromatic nitrogens is 1. The highest BCUT2D eigenvalue weighted by Gasteiger charge is 2.28. The normalized spacial score (nSPS) is 16.2. The van der Waals surface area contributed by atoms with E-state index in [0.717, 1.165) is 13.1 Å². The molecular formula is C12H12N2O3. The van der Waals surface area contributed by atoms with Crippen molar-refractivity contribution in [2.75, 3.05) is 13.1 Å². The minimum absolute atomic E-state index is 0.00570. The lowest BCUT2D eigenvalue weighted by molar-refractivity contribution is 0.0530. The Bertz CT molecular complexity index is 634. The van der Waals surface area contributed by atoms with Crippen LogP contribution in [0, 0.1) is 5.92 Å². The van der Waals surface area contributed by atoms with Crippen molar-refractivity contribution in [3.8, 4) is 0 Å². The van der Waals surface area contributed by atoms with Crippen LogP contribution in [-0.4, -0.2) is 29.1 Å². The molecule has 3 rings (SSSR count). The summed E-state index contributed by atoms with van der Waals surface area (Å²) in [6.45, 7) is 3.71. The largest absolute Gasteiger partial charge is 0.378 e. The molecule has 2 heterocycles. The molecule has 0 bridgehead atoms. The van der Waals surface area contributed by atoms with Gasteiger partial charge < -0.3 is 9.42 Å². The summed E-state index contributed by atoms with van der Waals surface area (Å²) in [6, 6.07) is 4.89. The Morgan fingerprint density at radius 2 is 2.24 bits per heavy atom. The maximum atomic E-state index is 12.0. The maximum Gasteiger partial charge on any atom is 0.287 e. The van der Waals surface area contributed by atoms with E-state index in [9.17, 15) is 9.59 Å². The smallest absolute Gasteiger partial charge is 0.287 e. The minimum Gasteiger partial charge on any atom is -0.378 e. The fourth-order valence-corrected chi connectivity index (χ4v) is 2.13. The van der Waals surface area contributed by atoms with Crippen LogP contribution < -0.4 is 5.56 Å². The van der Waals surface area contributed by atoms with Crippen LogP contribution in [0.5, 0.6) is 0 Å². The molecule has 1 aliphatic heterocycles. The molecule has 0 aliphatic carbocycles. The molecule has 0 atom stereocenters. The van der Waals surface area contributed by atoms with Crippen molar-refractivity contribution in [1.82, 2.24) is 10.1 Å². The molecule has 0 saturated carbocycles. The number of nitrogens with one attached hydrogen (secondary N) is 1. The highest BCUT2D eigenvalue weighted by molar-refractivity contribution is 5.97. The summed E-state index contributed by atoms with van der Waals surface area (Å²) in [6.07, 6.45) is 0. The zero-order chi connectivity index (χ0) is 12.0. The average Bonchev–Trinajstić information content (AvgIpc) is 2.66. The first kappa shape index (κ1) is 10.1. The van der Waals surface area contributed by atoms with Gasteiger partial charge in [-0.05, 0) is 24.1 Å². The highest BCUT2D eigenvalue weighted by Crippen LogP contribution is 2.19. The summed E-state index contributed by atoms with van der Waals surface area (Å²) in [4.78, 5) is 25.1. The summed E-state index contributed by atoms with van der Waals surface area (Å²) in [7, 11) is 0. The summed E-state index contributed by atoms with van der Waals surface area (Å²) in [5, 5.41) is 2.72. The van der Waals surface area contributed by atoms with Crippen LogP contribution in [-0.2, 0) is 0 Å². The number of carbonyl (C=O) groups is 1. The quantitative estimate of drug-likeness (QED) is 0.803. The van der Waals surface area contributed by atoms with Crippen LogP contribution >= 0.6 is 0 Å². The summed E-state index contributed by atoms with van der Waals surface area (Å²) in [5.41, 5.74) is 0.721. The van der Waals surface area contributed by atoms with E-state index >= 15 is 0 Å². The summed E-state index contributed by atoms with van der Waals surface area (Å²) in [5.74, 6) is 0.571. The molecule has 17 heavy (non-hydrogen) atoms. The van der Waals surface area contributed by atoms with Crippen molar-refractivity contribution in [2.45, 2.75) is 6.92 Å². The molecule has 5 heteroatoms. The molecule has 1 saturated heterocycles. The number of hydrogen-bond donors (Lipinski definition) is 1. The number of fused-ring (bicyclic) bond motifs is 1. The molecular weight excluding hydrogens is 220 g/mol. The van der Waals surface area contributed by atoms with Gasteiger partial charge in [0, 0.05) is 18.7 Å². The number of hydrogen-bond acceptors (Lipinski definition) is 3. The second-order valence-corrected chi connectivity index (χ2v) is 4.56. The van der Waals surface area contributed by atoms with Gasteiger partial charge in [-0.1, -0.05) is 6.92 Å². The van der Waals surface area contributed by atoms with Crippen LogP contribution in [0.4, 0.5) is 0 Å². The van der Waals surface area contributed by atoms with Gasteiger partial charge in [-0.2, -0.15) is 5.16 Å². The first-order valence-electron chi connectivity index (χ1n) is 5.55. The Morgan fingerprint density at radius 3 is 2.94 bits per heavy atom. The predicted octanol–water partition coefficient (Wildman–Crippen LogP) is 1.21. The molecule has 1 fully saturated rings. The van der Waals surface area contributed by atoms with Gasteiger partial charge in [-0.15, -0.1) is 0 Å². The van der Waals surface area contributed by atoms with Crippen LogP contribution in [0.2, 0.25) is 0 Å². The van der Waals surface area contributed by atoms with Crippen LogP contribution in [0.3, 0.4) is 0 Å². The van der Waals surface area contributed by atoms with E-state index in [0.29, 0.717) is 22.5 Å². The SMILES string of the molecule is CC1CN(C(=O)c2ccc3c(=O)[nH]oc3c2)C1. The van der Waals surface area contributed by atoms with Gasteiger partial charge >= 0.3 is 0 Å². The number of carbonyl (C=O) groups excluding carboxylic acids is 1. The van der Waals surface area contributed by atoms with Crippen molar-refractivity contribution in [3.63, 3.8) is 0 Å². The number of benzene rings is 1. The Kier molecular flexibility index (Phi) is 2.07. The first-order valence-corrected chi connectivity index (χ1v) is 5.55. The molecule has 0 radical (unpaired) electrons. The van der Waals surface area contributed by atoms with Gasteiger partial charge in [0.15, 0.2) is 5.58 Å². The predicted molar refractivity (Wildman–Crippen MR) is 61.9 cm³/mol. The average molecular weight is 232 g/mol. The third-order valence-corrected chi connectivity index (χ3v) is 3.08. The minimum atomic E-state index is -0.267. The Balaban J connectivity index is 1.95. The standard InChI is InChI=1S/C12H12N2O3/c1-7-5-14(6-7)12(16)8-2-3-9-10(4-8)17-13-11(9)15/h2-4,7H,5-6H2,1H3,(H,13,15). The number of aromatic amines is 1. The number of H-pyrrole nitrogens is 1. The van der Waals surface area contributed by atoms with Gasteiger partial charge in [0.1, 0.15) is 0 Å². The van der Waals surface area contributed by atoms with E-state index in [-0.39, 0.29) is 11.5 Å². The van der Waals surface area contributed by atoms with Crippen molar-refractivity contribution < 1.29 is 9.32 Å². The molecule has 88 valence electrons. The second-order valence-electron chi connectivity index (χ2n) is 4.56. The van der Waals surface area contributed by atoms with Gasteiger partial charge in [0.2, 0.25) is 0 Å². The lowest BCUT2D eigenvalue weighted by atomic mass is 10.0. The van der Waals surface area contributed by atoms with Crippen LogP contribution in [0.1, 0.15) is 17.3 Å². The first-order chi connectivity index (χ1) is 8.15. The Labute approximate surface area is 97.0 Å². The molecule has 1 aromatic carbocycles. The maximum absolute atomic E-state index is 12.0. The van der Waals surface area contributed by atoms with E-state index in [2.05, 4.69) is 12.1 Å². The molecule has 1 N–H and O–H groups in total. The number of amides is 1. The molecule has 0 unspecified atom stereocenters. The van der Waals surface area contributed by atoms with E-state index in [1.807, 2.05) is 0 Å². The van der Waals surface area contributed by atoms with Crippen molar-refractivity contribution in [3.05, 3.63) is 34.1 Å². The number of rotatable bonds is 1. The zero-order valence-electron chi connectivity index (χ0n) is 9.40. The van der Waals surface area contributed by atoms with Gasteiger partial charge in [0.25, 0.3) is 11.5 Å². The number of nitrogens with zero attached hydrogens (tertiary/aromatic N) is 1. The molecule has 1 amide bonds. The van der Waals surface area contributed by atoms with E-state index in [1.165, 1.54) is 0 Å². The monoisotopic (exact) mass is 232 g/mol. The topological polar surface area (TPSA) is 66.3 Å². The third-order valence-electron chi connectivity index (χ3n) is 3.08. The fourth-order valence-electron chi connectivity index (χ4n) is 2.13. The van der Waals surface area contributed by atoms with Crippen molar-refractivity contribution in [2.24, 2.45) is 5.92 Å². The highest BCUT2D eigenvalue weighted by atomic mass is 16.5. The van der Waals surface area contributed by atoms with Gasteiger partial charge in [-0.3, -0.25) is 9.59 Å². The molecule has 1 aliphatic rings. The van der Waals surface area contributed by atoms with Crippen molar-refractivity contribution in [1.29, 1.82) is 0 Å². The van der Waals surface area contributed by atoms with Crippen LogP contribution in [0.15, 0.2) is 27.5 Å². The molecule has 1 aromatic heterocycles. The van der Waals surface area contributed by atoms with Crippen LogP contribution in [0.25, 0.3) is 11.0 Å². The summed E-state index contributed by atoms with van der Waals surface area (Å²) >= 11 is 0. The van der Waals surface area contributed by atoms with Crippen molar-refractivity contribution >= 4 is 16.9 Å². The second kappa shape index (κ2) is 3.48. The van der Waals surface area contributed by atoms with Gasteiger partial charge in [-0.25, -0.2) is 0 Å². The lowest BCUT2D eigenvalue weighted by Gasteiger charge is -2.37. The van der Waals surface area contributed by atoms with E-state index in [4.69, 9.17) is 4.52 Å². The summed E-state index contributed by atoms with van der Waals surface area (Å²) < 4.78 is 4.98. The third kappa shape index (κ3) is 1.54. The van der Waals surface area contributed by atoms with Gasteiger partial charge in [0.05, 0.1) is 5.39 Å². The fraction of sp³-hybridized carbons (Fsp3) is 0.333. The van der Waals surface area contributed by atoms with E-state index in [1.54, 1.807) is 23.1 Å². The molecule has 2 aromatic rings.